The zero-order valence-corrected chi connectivity index (χ0v) is 8.29. The van der Waals surface area contributed by atoms with E-state index in [0.717, 1.165) is 0 Å². The van der Waals surface area contributed by atoms with Crippen molar-refractivity contribution in [3.63, 3.8) is 0 Å². The van der Waals surface area contributed by atoms with Crippen molar-refractivity contribution >= 4 is 0 Å². The van der Waals surface area contributed by atoms with E-state index in [1.807, 2.05) is 13.8 Å². The van der Waals surface area contributed by atoms with E-state index in [2.05, 4.69) is 5.32 Å². The van der Waals surface area contributed by atoms with Crippen LogP contribution in [0.3, 0.4) is 0 Å². The van der Waals surface area contributed by atoms with Gasteiger partial charge in [-0.15, -0.1) is 0 Å². The first-order valence-electron chi connectivity index (χ1n) is 4.65. The van der Waals surface area contributed by atoms with E-state index in [0.29, 0.717) is 19.8 Å². The van der Waals surface area contributed by atoms with Gasteiger partial charge in [-0.1, -0.05) is 13.8 Å². The molecule has 0 radical (unpaired) electrons. The van der Waals surface area contributed by atoms with Gasteiger partial charge in [0.05, 0.1) is 25.4 Å². The van der Waals surface area contributed by atoms with Gasteiger partial charge in [-0.05, 0) is 0 Å². The molecule has 0 aromatic rings. The highest BCUT2D eigenvalue weighted by atomic mass is 16.5. The van der Waals surface area contributed by atoms with Crippen LogP contribution in [0.15, 0.2) is 0 Å². The van der Waals surface area contributed by atoms with Crippen LogP contribution in [-0.2, 0) is 4.74 Å². The third-order valence-electron chi connectivity index (χ3n) is 2.32. The summed E-state index contributed by atoms with van der Waals surface area (Å²) in [7, 11) is 0. The number of aliphatic hydroxyl groups excluding tert-OH is 2. The first-order chi connectivity index (χ1) is 6.05. The molecule has 0 aromatic heterocycles. The lowest BCUT2D eigenvalue weighted by molar-refractivity contribution is 0.116. The monoisotopic (exact) mass is 189 g/mol. The van der Waals surface area contributed by atoms with Crippen molar-refractivity contribution in [1.29, 1.82) is 0 Å². The van der Waals surface area contributed by atoms with E-state index in [1.165, 1.54) is 0 Å². The first kappa shape index (κ1) is 10.9. The minimum atomic E-state index is -0.408. The average Bonchev–Trinajstić information content (AvgIpc) is 2.48. The molecule has 3 N–H and O–H groups in total. The van der Waals surface area contributed by atoms with Gasteiger partial charge in [-0.25, -0.2) is 0 Å². The average molecular weight is 189 g/mol. The van der Waals surface area contributed by atoms with Gasteiger partial charge in [-0.3, -0.25) is 0 Å². The molecule has 1 rings (SSSR count). The molecular formula is C9H19NO3. The molecule has 0 saturated carbocycles. The van der Waals surface area contributed by atoms with Crippen molar-refractivity contribution in [1.82, 2.24) is 5.32 Å². The highest BCUT2D eigenvalue weighted by molar-refractivity contribution is 4.83. The van der Waals surface area contributed by atoms with E-state index < -0.39 is 6.10 Å². The highest BCUT2D eigenvalue weighted by Gasteiger charge is 2.27. The molecule has 1 fully saturated rings. The number of ether oxygens (including phenoxy) is 1. The van der Waals surface area contributed by atoms with Gasteiger partial charge in [0, 0.05) is 18.6 Å². The minimum Gasteiger partial charge on any atom is -0.396 e. The Kier molecular flexibility index (Phi) is 3.67. The molecule has 4 nitrogen and oxygen atoms in total. The minimum absolute atomic E-state index is 0.0193. The maximum absolute atomic E-state index is 9.41. The maximum Gasteiger partial charge on any atom is 0.0948 e. The van der Waals surface area contributed by atoms with Gasteiger partial charge in [-0.2, -0.15) is 0 Å². The topological polar surface area (TPSA) is 61.7 Å². The quantitative estimate of drug-likeness (QED) is 0.550. The fraction of sp³-hybridized carbons (Fsp3) is 1.00. The zero-order chi connectivity index (χ0) is 9.90. The standard InChI is InChI=1S/C9H19NO3/c1-9(2,6-11)5-10-7-3-13-4-8(7)12/h7-8,10-12H,3-6H2,1-2H3. The van der Waals surface area contributed by atoms with Crippen molar-refractivity contribution in [2.45, 2.75) is 26.0 Å². The normalized spacial score (nSPS) is 29.5. The molecule has 1 aliphatic heterocycles. The van der Waals surface area contributed by atoms with Crippen molar-refractivity contribution in [2.75, 3.05) is 26.4 Å². The van der Waals surface area contributed by atoms with Gasteiger partial charge >= 0.3 is 0 Å². The van der Waals surface area contributed by atoms with E-state index in [9.17, 15) is 5.11 Å². The molecule has 1 heterocycles. The largest absolute Gasteiger partial charge is 0.396 e. The van der Waals surface area contributed by atoms with Crippen molar-refractivity contribution < 1.29 is 14.9 Å². The van der Waals surface area contributed by atoms with Crippen LogP contribution in [0.4, 0.5) is 0 Å². The molecule has 0 spiro atoms. The van der Waals surface area contributed by atoms with E-state index in [1.54, 1.807) is 0 Å². The summed E-state index contributed by atoms with van der Waals surface area (Å²) in [4.78, 5) is 0. The number of hydrogen-bond donors (Lipinski definition) is 3. The Hall–Kier alpha value is -0.160. The van der Waals surface area contributed by atoms with Crippen LogP contribution in [0.5, 0.6) is 0 Å². The first-order valence-corrected chi connectivity index (χ1v) is 4.65. The summed E-state index contributed by atoms with van der Waals surface area (Å²) in [5.41, 5.74) is -0.137. The highest BCUT2D eigenvalue weighted by Crippen LogP contribution is 2.13. The fourth-order valence-electron chi connectivity index (χ4n) is 1.20. The second kappa shape index (κ2) is 4.37. The molecule has 1 aliphatic rings. The summed E-state index contributed by atoms with van der Waals surface area (Å²) in [5.74, 6) is 0. The van der Waals surface area contributed by atoms with Crippen LogP contribution < -0.4 is 5.32 Å². The van der Waals surface area contributed by atoms with Gasteiger partial charge in [0.25, 0.3) is 0 Å². The smallest absolute Gasteiger partial charge is 0.0948 e. The summed E-state index contributed by atoms with van der Waals surface area (Å²) >= 11 is 0. The molecule has 2 unspecified atom stereocenters. The van der Waals surface area contributed by atoms with Crippen molar-refractivity contribution in [2.24, 2.45) is 5.41 Å². The summed E-state index contributed by atoms with van der Waals surface area (Å²) in [6.07, 6.45) is -0.408. The van der Waals surface area contributed by atoms with E-state index >= 15 is 0 Å². The Morgan fingerprint density at radius 1 is 1.46 bits per heavy atom. The summed E-state index contributed by atoms with van der Waals surface area (Å²) in [6, 6.07) is 0.0193. The zero-order valence-electron chi connectivity index (χ0n) is 8.29. The van der Waals surface area contributed by atoms with Gasteiger partial charge in [0.15, 0.2) is 0 Å². The summed E-state index contributed by atoms with van der Waals surface area (Å²) < 4.78 is 5.09. The van der Waals surface area contributed by atoms with E-state index in [4.69, 9.17) is 9.84 Å². The van der Waals surface area contributed by atoms with E-state index in [-0.39, 0.29) is 18.1 Å². The summed E-state index contributed by atoms with van der Waals surface area (Å²) in [5, 5.41) is 21.6. The molecule has 0 bridgehead atoms. The Balaban J connectivity index is 2.25. The fourth-order valence-corrected chi connectivity index (χ4v) is 1.20. The number of nitrogens with one attached hydrogen (secondary N) is 1. The Morgan fingerprint density at radius 2 is 2.15 bits per heavy atom. The summed E-state index contributed by atoms with van der Waals surface area (Å²) in [6.45, 7) is 5.75. The molecule has 0 aromatic carbocycles. The lowest BCUT2D eigenvalue weighted by atomic mass is 9.94. The van der Waals surface area contributed by atoms with Crippen LogP contribution in [0.2, 0.25) is 0 Å². The third-order valence-corrected chi connectivity index (χ3v) is 2.32. The predicted octanol–water partition coefficient (Wildman–Crippen LogP) is -0.646. The van der Waals surface area contributed by atoms with Crippen molar-refractivity contribution in [3.05, 3.63) is 0 Å². The van der Waals surface area contributed by atoms with Crippen LogP contribution in [0.1, 0.15) is 13.8 Å². The SMILES string of the molecule is CC(C)(CO)CNC1COCC1O. The molecular weight excluding hydrogens is 170 g/mol. The van der Waals surface area contributed by atoms with Crippen molar-refractivity contribution in [3.8, 4) is 0 Å². The molecule has 2 atom stereocenters. The van der Waals surface area contributed by atoms with Gasteiger partial charge in [0.1, 0.15) is 0 Å². The second-order valence-electron chi connectivity index (χ2n) is 4.41. The second-order valence-corrected chi connectivity index (χ2v) is 4.41. The van der Waals surface area contributed by atoms with Crippen LogP contribution >= 0.6 is 0 Å². The predicted molar refractivity (Wildman–Crippen MR) is 49.5 cm³/mol. The maximum atomic E-state index is 9.41. The van der Waals surface area contributed by atoms with Gasteiger partial charge < -0.3 is 20.3 Å². The molecule has 0 amide bonds. The van der Waals surface area contributed by atoms with Gasteiger partial charge in [0.2, 0.25) is 0 Å². The number of rotatable bonds is 4. The van der Waals surface area contributed by atoms with Crippen LogP contribution in [0.25, 0.3) is 0 Å². The van der Waals surface area contributed by atoms with Crippen LogP contribution in [-0.4, -0.2) is 48.7 Å². The van der Waals surface area contributed by atoms with Crippen LogP contribution in [0, 0.1) is 5.41 Å². The molecule has 1 saturated heterocycles. The molecule has 13 heavy (non-hydrogen) atoms. The lowest BCUT2D eigenvalue weighted by Gasteiger charge is -2.25. The molecule has 4 heteroatoms. The molecule has 0 aliphatic carbocycles. The Morgan fingerprint density at radius 3 is 2.62 bits per heavy atom. The molecule has 78 valence electrons. The number of aliphatic hydroxyl groups is 2. The Labute approximate surface area is 78.9 Å². The Bertz CT molecular complexity index is 161. The lowest BCUT2D eigenvalue weighted by Crippen LogP contribution is -2.44. The number of hydrogen-bond acceptors (Lipinski definition) is 4. The third kappa shape index (κ3) is 3.23.